The normalized spacial score (nSPS) is 19.2. The Bertz CT molecular complexity index is 505. The summed E-state index contributed by atoms with van der Waals surface area (Å²) in [5.41, 5.74) is 6.06. The molecule has 1 atom stereocenters. The molecular weight excluding hydrogens is 294 g/mol. The van der Waals surface area contributed by atoms with E-state index in [1.54, 1.807) is 11.4 Å². The Morgan fingerprint density at radius 3 is 3.14 bits per heavy atom. The average Bonchev–Trinajstić information content (AvgIpc) is 2.94. The molecule has 1 unspecified atom stereocenters. The van der Waals surface area contributed by atoms with Crippen molar-refractivity contribution in [1.82, 2.24) is 4.90 Å². The maximum atomic E-state index is 12.1. The van der Waals surface area contributed by atoms with Gasteiger partial charge in [0.15, 0.2) is 0 Å². The molecule has 116 valence electrons. The highest BCUT2D eigenvalue weighted by Gasteiger charge is 2.22. The standard InChI is InChI=1S/C13H19N3O4S/c1-19-13(18)12-10(2-5-21-12)15-11(17)8-16-3-4-20-9(6-14)7-16/h2,5,9H,3-4,6-8,14H2,1H3,(H,15,17). The first-order chi connectivity index (χ1) is 10.1. The number of amides is 1. The molecule has 3 N–H and O–H groups in total. The molecule has 0 aliphatic carbocycles. The topological polar surface area (TPSA) is 93.9 Å². The van der Waals surface area contributed by atoms with Crippen molar-refractivity contribution in [3.05, 3.63) is 16.3 Å². The highest BCUT2D eigenvalue weighted by Crippen LogP contribution is 2.23. The fourth-order valence-electron chi connectivity index (χ4n) is 2.12. The molecule has 1 aromatic heterocycles. The van der Waals surface area contributed by atoms with Crippen LogP contribution in [-0.4, -0.2) is 62.8 Å². The van der Waals surface area contributed by atoms with Gasteiger partial charge in [0.2, 0.25) is 5.91 Å². The summed E-state index contributed by atoms with van der Waals surface area (Å²) in [6, 6.07) is 1.69. The Hall–Kier alpha value is -1.48. The molecule has 0 radical (unpaired) electrons. The molecule has 1 saturated heterocycles. The number of rotatable bonds is 5. The van der Waals surface area contributed by atoms with Crippen LogP contribution in [0, 0.1) is 0 Å². The lowest BCUT2D eigenvalue weighted by Crippen LogP contribution is -2.48. The number of hydrogen-bond donors (Lipinski definition) is 2. The first kappa shape index (κ1) is 15.9. The zero-order valence-electron chi connectivity index (χ0n) is 11.8. The molecular formula is C13H19N3O4S. The van der Waals surface area contributed by atoms with Gasteiger partial charge in [-0.25, -0.2) is 4.79 Å². The summed E-state index contributed by atoms with van der Waals surface area (Å²) in [6.07, 6.45) is -0.0293. The van der Waals surface area contributed by atoms with Gasteiger partial charge in [0.1, 0.15) is 4.88 Å². The fourth-order valence-corrected chi connectivity index (χ4v) is 2.88. The predicted octanol–water partition coefficient (Wildman–Crippen LogP) is 0.133. The highest BCUT2D eigenvalue weighted by atomic mass is 32.1. The van der Waals surface area contributed by atoms with E-state index in [0.29, 0.717) is 36.8 Å². The summed E-state index contributed by atoms with van der Waals surface area (Å²) in [5.74, 6) is -0.619. The summed E-state index contributed by atoms with van der Waals surface area (Å²) < 4.78 is 10.1. The van der Waals surface area contributed by atoms with Gasteiger partial charge in [-0.05, 0) is 11.4 Å². The van der Waals surface area contributed by atoms with Crippen LogP contribution in [0.4, 0.5) is 5.69 Å². The number of esters is 1. The molecule has 1 amide bonds. The monoisotopic (exact) mass is 313 g/mol. The summed E-state index contributed by atoms with van der Waals surface area (Å²) in [7, 11) is 1.31. The van der Waals surface area contributed by atoms with Gasteiger partial charge in [-0.15, -0.1) is 11.3 Å². The van der Waals surface area contributed by atoms with E-state index in [0.717, 1.165) is 0 Å². The van der Waals surface area contributed by atoms with Crippen LogP contribution < -0.4 is 11.1 Å². The van der Waals surface area contributed by atoms with Gasteiger partial charge in [0, 0.05) is 19.6 Å². The van der Waals surface area contributed by atoms with Crippen molar-refractivity contribution < 1.29 is 19.1 Å². The first-order valence-electron chi connectivity index (χ1n) is 6.63. The van der Waals surface area contributed by atoms with E-state index < -0.39 is 5.97 Å². The number of carbonyl (C=O) groups excluding carboxylic acids is 2. The molecule has 7 nitrogen and oxygen atoms in total. The lowest BCUT2D eigenvalue weighted by atomic mass is 10.2. The average molecular weight is 313 g/mol. The van der Waals surface area contributed by atoms with Crippen molar-refractivity contribution in [3.63, 3.8) is 0 Å². The van der Waals surface area contributed by atoms with E-state index in [-0.39, 0.29) is 18.6 Å². The van der Waals surface area contributed by atoms with Crippen molar-refractivity contribution in [2.75, 3.05) is 45.2 Å². The number of methoxy groups -OCH3 is 1. The van der Waals surface area contributed by atoms with Crippen LogP contribution >= 0.6 is 11.3 Å². The van der Waals surface area contributed by atoms with Gasteiger partial charge in [-0.2, -0.15) is 0 Å². The van der Waals surface area contributed by atoms with Crippen LogP contribution in [0.3, 0.4) is 0 Å². The molecule has 0 bridgehead atoms. The SMILES string of the molecule is COC(=O)c1sccc1NC(=O)CN1CCOC(CN)C1. The van der Waals surface area contributed by atoms with E-state index in [4.69, 9.17) is 10.5 Å². The molecule has 21 heavy (non-hydrogen) atoms. The minimum atomic E-state index is -0.449. The smallest absolute Gasteiger partial charge is 0.350 e. The highest BCUT2D eigenvalue weighted by molar-refractivity contribution is 7.12. The van der Waals surface area contributed by atoms with Crippen molar-refractivity contribution in [1.29, 1.82) is 0 Å². The minimum absolute atomic E-state index is 0.0293. The maximum absolute atomic E-state index is 12.1. The van der Waals surface area contributed by atoms with E-state index in [1.807, 2.05) is 4.90 Å². The second-order valence-electron chi connectivity index (χ2n) is 4.67. The van der Waals surface area contributed by atoms with Crippen molar-refractivity contribution >= 4 is 28.9 Å². The number of hydrogen-bond acceptors (Lipinski definition) is 7. The third-order valence-corrected chi connectivity index (χ3v) is 4.06. The zero-order valence-corrected chi connectivity index (χ0v) is 12.6. The molecule has 2 heterocycles. The van der Waals surface area contributed by atoms with Crippen molar-refractivity contribution in [3.8, 4) is 0 Å². The second-order valence-corrected chi connectivity index (χ2v) is 5.58. The molecule has 2 rings (SSSR count). The Morgan fingerprint density at radius 1 is 1.62 bits per heavy atom. The molecule has 8 heteroatoms. The summed E-state index contributed by atoms with van der Waals surface area (Å²) in [4.78, 5) is 26.0. The van der Waals surface area contributed by atoms with Crippen LogP contribution in [0.15, 0.2) is 11.4 Å². The summed E-state index contributed by atoms with van der Waals surface area (Å²) in [5, 5.41) is 4.48. The first-order valence-corrected chi connectivity index (χ1v) is 7.51. The molecule has 1 fully saturated rings. The van der Waals surface area contributed by atoms with Gasteiger partial charge in [-0.3, -0.25) is 9.69 Å². The van der Waals surface area contributed by atoms with Crippen LogP contribution in [0.5, 0.6) is 0 Å². The van der Waals surface area contributed by atoms with Crippen LogP contribution in [0.25, 0.3) is 0 Å². The molecule has 1 aromatic rings. The van der Waals surface area contributed by atoms with Crippen LogP contribution in [-0.2, 0) is 14.3 Å². The number of ether oxygens (including phenoxy) is 2. The molecule has 0 saturated carbocycles. The van der Waals surface area contributed by atoms with E-state index in [9.17, 15) is 9.59 Å². The predicted molar refractivity (Wildman–Crippen MR) is 79.5 cm³/mol. The number of nitrogens with one attached hydrogen (secondary N) is 1. The van der Waals surface area contributed by atoms with Gasteiger partial charge >= 0.3 is 5.97 Å². The van der Waals surface area contributed by atoms with Gasteiger partial charge in [0.25, 0.3) is 0 Å². The quantitative estimate of drug-likeness (QED) is 0.751. The van der Waals surface area contributed by atoms with Crippen molar-refractivity contribution in [2.45, 2.75) is 6.10 Å². The van der Waals surface area contributed by atoms with E-state index in [1.165, 1.54) is 18.4 Å². The molecule has 1 aliphatic rings. The Kier molecular flexibility index (Phi) is 5.68. The number of thiophene rings is 1. The third-order valence-electron chi connectivity index (χ3n) is 3.16. The lowest BCUT2D eigenvalue weighted by molar-refractivity contribution is -0.119. The number of morpholine rings is 1. The lowest BCUT2D eigenvalue weighted by Gasteiger charge is -2.31. The zero-order chi connectivity index (χ0) is 15.2. The third kappa shape index (κ3) is 4.24. The summed E-state index contributed by atoms with van der Waals surface area (Å²) in [6.45, 7) is 2.58. The fraction of sp³-hybridized carbons (Fsp3) is 0.538. The van der Waals surface area contributed by atoms with Gasteiger partial charge in [0.05, 0.1) is 32.1 Å². The largest absolute Gasteiger partial charge is 0.465 e. The van der Waals surface area contributed by atoms with Crippen LogP contribution in [0.2, 0.25) is 0 Å². The molecule has 1 aliphatic heterocycles. The number of nitrogens with zero attached hydrogens (tertiary/aromatic N) is 1. The maximum Gasteiger partial charge on any atom is 0.350 e. The number of carbonyl (C=O) groups is 2. The van der Waals surface area contributed by atoms with Gasteiger partial charge < -0.3 is 20.5 Å². The van der Waals surface area contributed by atoms with Gasteiger partial charge in [-0.1, -0.05) is 0 Å². The second kappa shape index (κ2) is 7.51. The van der Waals surface area contributed by atoms with Crippen LogP contribution in [0.1, 0.15) is 9.67 Å². The van der Waals surface area contributed by atoms with Crippen molar-refractivity contribution in [2.24, 2.45) is 5.73 Å². The minimum Gasteiger partial charge on any atom is -0.465 e. The number of anilines is 1. The number of nitrogens with two attached hydrogens (primary N) is 1. The van der Waals surface area contributed by atoms with E-state index >= 15 is 0 Å². The summed E-state index contributed by atoms with van der Waals surface area (Å²) >= 11 is 1.23. The van der Waals surface area contributed by atoms with E-state index in [2.05, 4.69) is 10.1 Å². The molecule has 0 spiro atoms. The molecule has 0 aromatic carbocycles. The Balaban J connectivity index is 1.90. The Labute approximate surface area is 127 Å². The Morgan fingerprint density at radius 2 is 2.43 bits per heavy atom.